The van der Waals surface area contributed by atoms with Crippen LogP contribution in [0.2, 0.25) is 0 Å². The highest BCUT2D eigenvalue weighted by atomic mass is 19.1. The van der Waals surface area contributed by atoms with Gasteiger partial charge in [0, 0.05) is 29.6 Å². The first-order valence-corrected chi connectivity index (χ1v) is 5.28. The van der Waals surface area contributed by atoms with Crippen LogP contribution in [0.4, 0.5) is 4.39 Å². The summed E-state index contributed by atoms with van der Waals surface area (Å²) in [6, 6.07) is 6.92. The van der Waals surface area contributed by atoms with Crippen molar-refractivity contribution in [3.63, 3.8) is 0 Å². The number of pyridine rings is 1. The third-order valence-corrected chi connectivity index (χ3v) is 2.35. The van der Waals surface area contributed by atoms with Crippen LogP contribution in [0, 0.1) is 5.82 Å². The van der Waals surface area contributed by atoms with E-state index in [1.807, 2.05) is 0 Å². The zero-order chi connectivity index (χ0) is 13.0. The summed E-state index contributed by atoms with van der Waals surface area (Å²) in [5, 5.41) is 9.46. The summed E-state index contributed by atoms with van der Waals surface area (Å²) < 4.78 is 12.8. The van der Waals surface area contributed by atoms with Crippen molar-refractivity contribution < 1.29 is 14.3 Å². The second-order valence-corrected chi connectivity index (χ2v) is 3.64. The third kappa shape index (κ3) is 2.79. The quantitative estimate of drug-likeness (QED) is 0.666. The molecule has 1 heterocycles. The Morgan fingerprint density at radius 3 is 2.83 bits per heavy atom. The molecule has 1 aromatic carbocycles. The van der Waals surface area contributed by atoms with Gasteiger partial charge < -0.3 is 5.11 Å². The number of nitrogens with zero attached hydrogens (tertiary/aromatic N) is 1. The number of phenols is 1. The molecular weight excluding hydrogens is 233 g/mol. The van der Waals surface area contributed by atoms with Crippen LogP contribution in [-0.2, 0) is 0 Å². The zero-order valence-corrected chi connectivity index (χ0v) is 9.38. The largest absolute Gasteiger partial charge is 0.507 e. The monoisotopic (exact) mass is 243 g/mol. The molecule has 0 atom stereocenters. The summed E-state index contributed by atoms with van der Waals surface area (Å²) >= 11 is 0. The smallest absolute Gasteiger partial charge is 0.187 e. The predicted molar refractivity (Wildman–Crippen MR) is 65.7 cm³/mol. The molecule has 18 heavy (non-hydrogen) atoms. The summed E-state index contributed by atoms with van der Waals surface area (Å²) in [4.78, 5) is 15.5. The van der Waals surface area contributed by atoms with E-state index in [1.165, 1.54) is 30.5 Å². The number of hydrogen-bond donors (Lipinski definition) is 1. The summed E-state index contributed by atoms with van der Waals surface area (Å²) in [7, 11) is 0. The molecule has 1 aromatic heterocycles. The second-order valence-electron chi connectivity index (χ2n) is 3.64. The van der Waals surface area contributed by atoms with Gasteiger partial charge >= 0.3 is 0 Å². The Labute approximate surface area is 103 Å². The molecule has 0 unspecified atom stereocenters. The average molecular weight is 243 g/mol. The maximum Gasteiger partial charge on any atom is 0.187 e. The lowest BCUT2D eigenvalue weighted by atomic mass is 10.1. The number of allylic oxidation sites excluding steroid dienone is 1. The lowest BCUT2D eigenvalue weighted by molar-refractivity contribution is 0.104. The van der Waals surface area contributed by atoms with Crippen LogP contribution in [0.15, 0.2) is 48.8 Å². The lowest BCUT2D eigenvalue weighted by Crippen LogP contribution is -1.94. The van der Waals surface area contributed by atoms with E-state index in [9.17, 15) is 14.3 Å². The first kappa shape index (κ1) is 12.0. The number of ketones is 1. The van der Waals surface area contributed by atoms with Crippen molar-refractivity contribution in [2.24, 2.45) is 0 Å². The van der Waals surface area contributed by atoms with Gasteiger partial charge in [0.25, 0.3) is 0 Å². The topological polar surface area (TPSA) is 50.2 Å². The number of aromatic nitrogens is 1. The van der Waals surface area contributed by atoms with Crippen LogP contribution in [0.1, 0.15) is 15.9 Å². The third-order valence-electron chi connectivity index (χ3n) is 2.35. The number of aromatic hydroxyl groups is 1. The normalized spacial score (nSPS) is 10.7. The molecule has 3 nitrogen and oxygen atoms in total. The van der Waals surface area contributed by atoms with Crippen molar-refractivity contribution in [3.8, 4) is 5.75 Å². The van der Waals surface area contributed by atoms with Gasteiger partial charge in [0.05, 0.1) is 0 Å². The standard InChI is InChI=1S/C14H10FNO2/c15-12-5-3-10(14(18)8-12)4-6-13(17)11-2-1-7-16-9-11/h1-9,18H. The van der Waals surface area contributed by atoms with Gasteiger partial charge in [-0.3, -0.25) is 9.78 Å². The Morgan fingerprint density at radius 1 is 1.33 bits per heavy atom. The Bertz CT molecular complexity index is 594. The van der Waals surface area contributed by atoms with Crippen molar-refractivity contribution in [3.05, 3.63) is 65.7 Å². The molecule has 0 aliphatic carbocycles. The summed E-state index contributed by atoms with van der Waals surface area (Å²) in [6.07, 6.45) is 5.78. The number of phenolic OH excluding ortho intramolecular Hbond substituents is 1. The fourth-order valence-electron chi connectivity index (χ4n) is 1.43. The van der Waals surface area contributed by atoms with E-state index in [4.69, 9.17) is 0 Å². The molecule has 0 saturated carbocycles. The number of halogens is 1. The van der Waals surface area contributed by atoms with E-state index >= 15 is 0 Å². The Hall–Kier alpha value is -2.49. The minimum atomic E-state index is -0.525. The average Bonchev–Trinajstić information content (AvgIpc) is 2.38. The molecule has 0 bridgehead atoms. The number of hydrogen-bond acceptors (Lipinski definition) is 3. The first-order valence-electron chi connectivity index (χ1n) is 5.28. The van der Waals surface area contributed by atoms with Crippen LogP contribution in [0.25, 0.3) is 6.08 Å². The van der Waals surface area contributed by atoms with Gasteiger partial charge in [0.15, 0.2) is 5.78 Å². The van der Waals surface area contributed by atoms with Crippen LogP contribution >= 0.6 is 0 Å². The van der Waals surface area contributed by atoms with Crippen LogP contribution in [-0.4, -0.2) is 15.9 Å². The molecule has 0 aliphatic rings. The molecule has 2 aromatic rings. The zero-order valence-electron chi connectivity index (χ0n) is 9.38. The molecule has 0 amide bonds. The van der Waals surface area contributed by atoms with Crippen LogP contribution < -0.4 is 0 Å². The minimum absolute atomic E-state index is 0.203. The summed E-state index contributed by atoms with van der Waals surface area (Å²) in [5.41, 5.74) is 0.837. The first-order chi connectivity index (χ1) is 8.66. The van der Waals surface area contributed by atoms with E-state index < -0.39 is 5.82 Å². The van der Waals surface area contributed by atoms with Crippen molar-refractivity contribution >= 4 is 11.9 Å². The predicted octanol–water partition coefficient (Wildman–Crippen LogP) is 2.82. The molecule has 2 rings (SSSR count). The maximum atomic E-state index is 12.8. The molecule has 0 spiro atoms. The van der Waals surface area contributed by atoms with Crippen molar-refractivity contribution in [1.29, 1.82) is 0 Å². The van der Waals surface area contributed by atoms with Gasteiger partial charge in [0.1, 0.15) is 11.6 Å². The highest BCUT2D eigenvalue weighted by Gasteiger charge is 2.02. The van der Waals surface area contributed by atoms with E-state index in [0.29, 0.717) is 11.1 Å². The summed E-state index contributed by atoms with van der Waals surface area (Å²) in [5.74, 6) is -0.958. The van der Waals surface area contributed by atoms with Gasteiger partial charge in [-0.2, -0.15) is 0 Å². The summed E-state index contributed by atoms with van der Waals surface area (Å²) in [6.45, 7) is 0. The Kier molecular flexibility index (Phi) is 3.48. The van der Waals surface area contributed by atoms with Crippen molar-refractivity contribution in [2.75, 3.05) is 0 Å². The number of benzene rings is 1. The van der Waals surface area contributed by atoms with Gasteiger partial charge in [0.2, 0.25) is 0 Å². The number of carbonyl (C=O) groups excluding carboxylic acids is 1. The van der Waals surface area contributed by atoms with E-state index in [2.05, 4.69) is 4.98 Å². The molecule has 1 N–H and O–H groups in total. The number of carbonyl (C=O) groups is 1. The van der Waals surface area contributed by atoms with Crippen molar-refractivity contribution in [2.45, 2.75) is 0 Å². The van der Waals surface area contributed by atoms with Crippen LogP contribution in [0.5, 0.6) is 5.75 Å². The van der Waals surface area contributed by atoms with Gasteiger partial charge in [-0.15, -0.1) is 0 Å². The fourth-order valence-corrected chi connectivity index (χ4v) is 1.43. The maximum absolute atomic E-state index is 12.8. The fraction of sp³-hybridized carbons (Fsp3) is 0. The molecular formula is C14H10FNO2. The van der Waals surface area contributed by atoms with E-state index in [-0.39, 0.29) is 11.5 Å². The number of rotatable bonds is 3. The van der Waals surface area contributed by atoms with Crippen LogP contribution in [0.3, 0.4) is 0 Å². The minimum Gasteiger partial charge on any atom is -0.507 e. The Morgan fingerprint density at radius 2 is 2.17 bits per heavy atom. The molecule has 0 aliphatic heterocycles. The lowest BCUT2D eigenvalue weighted by Gasteiger charge is -1.98. The molecule has 0 radical (unpaired) electrons. The van der Waals surface area contributed by atoms with Crippen molar-refractivity contribution in [1.82, 2.24) is 4.98 Å². The second kappa shape index (κ2) is 5.23. The SMILES string of the molecule is O=C(C=Cc1ccc(F)cc1O)c1cccnc1. The van der Waals surface area contributed by atoms with Gasteiger partial charge in [-0.25, -0.2) is 4.39 Å². The van der Waals surface area contributed by atoms with Gasteiger partial charge in [-0.05, 0) is 36.4 Å². The molecule has 90 valence electrons. The molecule has 0 fully saturated rings. The van der Waals surface area contributed by atoms with E-state index in [1.54, 1.807) is 18.3 Å². The molecule has 4 heteroatoms. The molecule has 0 saturated heterocycles. The van der Waals surface area contributed by atoms with E-state index in [0.717, 1.165) is 6.07 Å². The highest BCUT2D eigenvalue weighted by Crippen LogP contribution is 2.19. The highest BCUT2D eigenvalue weighted by molar-refractivity contribution is 6.06. The Balaban J connectivity index is 2.19. The van der Waals surface area contributed by atoms with Gasteiger partial charge in [-0.1, -0.05) is 0 Å².